The van der Waals surface area contributed by atoms with E-state index in [0.29, 0.717) is 0 Å². The fraction of sp³-hybridized carbons (Fsp3) is 0.133. The summed E-state index contributed by atoms with van der Waals surface area (Å²) in [6.07, 6.45) is -0.193. The summed E-state index contributed by atoms with van der Waals surface area (Å²) >= 11 is 0. The van der Waals surface area contributed by atoms with Crippen molar-refractivity contribution in [2.24, 2.45) is 0 Å². The van der Waals surface area contributed by atoms with E-state index in [1.165, 1.54) is 27.1 Å². The summed E-state index contributed by atoms with van der Waals surface area (Å²) in [5, 5.41) is 4.87. The topological polar surface area (TPSA) is 0 Å². The third-order valence-electron chi connectivity index (χ3n) is 6.96. The van der Waals surface area contributed by atoms with Crippen molar-refractivity contribution in [1.29, 1.82) is 0 Å². The Balaban J connectivity index is 1.59. The Hall–Kier alpha value is -3.45. The van der Waals surface area contributed by atoms with Crippen molar-refractivity contribution in [3.63, 3.8) is 0 Å². The Morgan fingerprint density at radius 3 is 1.97 bits per heavy atom. The molecule has 0 bridgehead atoms. The molecule has 0 radical (unpaired) electrons. The fourth-order valence-electron chi connectivity index (χ4n) is 5.50. The highest BCUT2D eigenvalue weighted by Crippen LogP contribution is 2.52. The Kier molecular flexibility index (Phi) is 4.35. The van der Waals surface area contributed by atoms with Gasteiger partial charge in [-0.1, -0.05) is 109 Å². The van der Waals surface area contributed by atoms with E-state index in [0.717, 1.165) is 23.1 Å². The first-order valence-corrected chi connectivity index (χ1v) is 11.0. The quantitative estimate of drug-likeness (QED) is 0.261. The van der Waals surface area contributed by atoms with Crippen molar-refractivity contribution in [2.45, 2.75) is 24.4 Å². The summed E-state index contributed by atoms with van der Waals surface area (Å²) in [7, 11) is 0. The maximum Gasteiger partial charge on any atom is 0.133 e. The Morgan fingerprint density at radius 1 is 0.548 bits per heavy atom. The molecule has 0 nitrogen and oxygen atoms in total. The minimum Gasteiger partial charge on any atom is -0.242 e. The van der Waals surface area contributed by atoms with Crippen LogP contribution >= 0.6 is 0 Å². The van der Waals surface area contributed by atoms with Gasteiger partial charge in [0.05, 0.1) is 0 Å². The molecule has 3 atom stereocenters. The number of hydrogen-bond donors (Lipinski definition) is 0. The van der Waals surface area contributed by atoms with Crippen molar-refractivity contribution in [2.75, 3.05) is 0 Å². The number of alkyl halides is 1. The molecule has 0 saturated heterocycles. The van der Waals surface area contributed by atoms with Crippen molar-refractivity contribution >= 4 is 21.5 Å². The molecule has 0 amide bonds. The average Bonchev–Trinajstić information content (AvgIpc) is 2.84. The lowest BCUT2D eigenvalue weighted by Crippen LogP contribution is -2.25. The standard InChI is InChI=1S/C30H23F/c31-30-26-18-17-24-23-14-8-7-11-21(23)15-16-25(24)28(26)19-27(20-9-3-1-4-10-20)29(30)22-12-5-2-6-13-22/h1-18,27,29-30H,19H2. The van der Waals surface area contributed by atoms with Crippen LogP contribution in [0.25, 0.3) is 21.5 Å². The Bertz CT molecular complexity index is 1370. The molecule has 0 spiro atoms. The van der Waals surface area contributed by atoms with Crippen LogP contribution in [0.2, 0.25) is 0 Å². The zero-order valence-corrected chi connectivity index (χ0v) is 17.2. The second-order valence-electron chi connectivity index (χ2n) is 8.57. The molecule has 0 heterocycles. The predicted octanol–water partition coefficient (Wildman–Crippen LogP) is 8.13. The van der Waals surface area contributed by atoms with Gasteiger partial charge in [0, 0.05) is 5.92 Å². The zero-order valence-electron chi connectivity index (χ0n) is 17.2. The lowest BCUT2D eigenvalue weighted by atomic mass is 9.68. The Morgan fingerprint density at radius 2 is 1.19 bits per heavy atom. The molecular weight excluding hydrogens is 379 g/mol. The molecule has 5 aromatic rings. The van der Waals surface area contributed by atoms with Crippen LogP contribution in [-0.2, 0) is 6.42 Å². The summed E-state index contributed by atoms with van der Waals surface area (Å²) in [5.74, 6) is -0.0859. The van der Waals surface area contributed by atoms with Gasteiger partial charge in [0.25, 0.3) is 0 Å². The van der Waals surface area contributed by atoms with Gasteiger partial charge < -0.3 is 0 Å². The number of rotatable bonds is 2. The number of halogens is 1. The number of hydrogen-bond acceptors (Lipinski definition) is 0. The smallest absolute Gasteiger partial charge is 0.133 e. The number of fused-ring (bicyclic) bond motifs is 5. The van der Waals surface area contributed by atoms with E-state index in [-0.39, 0.29) is 11.8 Å². The van der Waals surface area contributed by atoms with Crippen LogP contribution in [0.1, 0.15) is 40.3 Å². The largest absolute Gasteiger partial charge is 0.242 e. The predicted molar refractivity (Wildman–Crippen MR) is 127 cm³/mol. The first-order chi connectivity index (χ1) is 15.3. The van der Waals surface area contributed by atoms with Crippen LogP contribution in [-0.4, -0.2) is 0 Å². The molecule has 0 aromatic heterocycles. The molecule has 150 valence electrons. The van der Waals surface area contributed by atoms with Crippen molar-refractivity contribution in [3.05, 3.63) is 131 Å². The van der Waals surface area contributed by atoms with E-state index in [1.54, 1.807) is 0 Å². The van der Waals surface area contributed by atoms with Crippen LogP contribution in [0.3, 0.4) is 0 Å². The highest BCUT2D eigenvalue weighted by molar-refractivity contribution is 6.08. The molecule has 1 heteroatoms. The third-order valence-corrected chi connectivity index (χ3v) is 6.96. The molecule has 6 rings (SSSR count). The van der Waals surface area contributed by atoms with Gasteiger partial charge in [-0.3, -0.25) is 0 Å². The SMILES string of the molecule is FC1c2ccc3c(ccc4ccccc43)c2CC(c2ccccc2)C1c1ccccc1. The summed E-state index contributed by atoms with van der Waals surface area (Å²) in [6, 6.07) is 37.6. The van der Waals surface area contributed by atoms with Crippen molar-refractivity contribution < 1.29 is 4.39 Å². The lowest BCUT2D eigenvalue weighted by molar-refractivity contribution is 0.243. The average molecular weight is 403 g/mol. The van der Waals surface area contributed by atoms with E-state index in [9.17, 15) is 0 Å². The van der Waals surface area contributed by atoms with Crippen LogP contribution in [0, 0.1) is 0 Å². The van der Waals surface area contributed by atoms with Crippen molar-refractivity contribution in [3.8, 4) is 0 Å². The molecule has 0 aliphatic heterocycles. The summed E-state index contributed by atoms with van der Waals surface area (Å²) in [4.78, 5) is 0. The zero-order chi connectivity index (χ0) is 20.8. The van der Waals surface area contributed by atoms with Gasteiger partial charge in [-0.2, -0.15) is 0 Å². The molecule has 0 N–H and O–H groups in total. The minimum atomic E-state index is -1.03. The summed E-state index contributed by atoms with van der Waals surface area (Å²) in [5.41, 5.74) is 4.30. The second-order valence-corrected chi connectivity index (χ2v) is 8.57. The molecular formula is C30H23F. The van der Waals surface area contributed by atoms with Gasteiger partial charge in [0.2, 0.25) is 0 Å². The molecule has 1 aliphatic rings. The van der Waals surface area contributed by atoms with Crippen LogP contribution in [0.5, 0.6) is 0 Å². The van der Waals surface area contributed by atoms with Crippen LogP contribution < -0.4 is 0 Å². The molecule has 0 saturated carbocycles. The monoisotopic (exact) mass is 402 g/mol. The van der Waals surface area contributed by atoms with E-state index >= 15 is 4.39 Å². The van der Waals surface area contributed by atoms with Gasteiger partial charge in [-0.05, 0) is 56.1 Å². The molecule has 3 unspecified atom stereocenters. The van der Waals surface area contributed by atoms with E-state index < -0.39 is 6.17 Å². The van der Waals surface area contributed by atoms with E-state index in [2.05, 4.69) is 78.9 Å². The van der Waals surface area contributed by atoms with Gasteiger partial charge in [-0.15, -0.1) is 0 Å². The van der Waals surface area contributed by atoms with E-state index in [4.69, 9.17) is 0 Å². The van der Waals surface area contributed by atoms with Crippen LogP contribution in [0.4, 0.5) is 4.39 Å². The normalized spacial score (nSPS) is 20.6. The van der Waals surface area contributed by atoms with Gasteiger partial charge >= 0.3 is 0 Å². The first kappa shape index (κ1) is 18.3. The third kappa shape index (κ3) is 2.96. The highest BCUT2D eigenvalue weighted by atomic mass is 19.1. The van der Waals surface area contributed by atoms with E-state index in [1.807, 2.05) is 30.3 Å². The maximum absolute atomic E-state index is 16.3. The minimum absolute atomic E-state index is 0.100. The molecule has 5 aromatic carbocycles. The first-order valence-electron chi connectivity index (χ1n) is 11.0. The second kappa shape index (κ2) is 7.35. The summed E-state index contributed by atoms with van der Waals surface area (Å²) < 4.78 is 16.3. The maximum atomic E-state index is 16.3. The highest BCUT2D eigenvalue weighted by Gasteiger charge is 2.39. The van der Waals surface area contributed by atoms with Gasteiger partial charge in [0.15, 0.2) is 0 Å². The lowest BCUT2D eigenvalue weighted by Gasteiger charge is -2.37. The van der Waals surface area contributed by atoms with Crippen LogP contribution in [0.15, 0.2) is 109 Å². The fourth-order valence-corrected chi connectivity index (χ4v) is 5.50. The van der Waals surface area contributed by atoms with Crippen molar-refractivity contribution in [1.82, 2.24) is 0 Å². The van der Waals surface area contributed by atoms with Gasteiger partial charge in [-0.25, -0.2) is 4.39 Å². The number of benzene rings is 5. The summed E-state index contributed by atoms with van der Waals surface area (Å²) in [6.45, 7) is 0. The molecule has 0 fully saturated rings. The Labute approximate surface area is 182 Å². The molecule has 1 aliphatic carbocycles. The van der Waals surface area contributed by atoms with Gasteiger partial charge in [0.1, 0.15) is 6.17 Å². The molecule has 31 heavy (non-hydrogen) atoms.